The number of aliphatic hydroxyl groups excluding tert-OH is 1. The normalized spacial score (nSPS) is 12.5. The van der Waals surface area contributed by atoms with E-state index >= 15 is 0 Å². The van der Waals surface area contributed by atoms with Crippen molar-refractivity contribution in [3.8, 4) is 0 Å². The largest absolute Gasteiger partial charge is 0.383 e. The summed E-state index contributed by atoms with van der Waals surface area (Å²) in [6.07, 6.45) is -1.36. The fourth-order valence-corrected chi connectivity index (χ4v) is 2.33. The van der Waals surface area contributed by atoms with Crippen molar-refractivity contribution in [1.82, 2.24) is 4.98 Å². The van der Waals surface area contributed by atoms with Crippen LogP contribution in [-0.4, -0.2) is 10.1 Å². The van der Waals surface area contributed by atoms with E-state index in [2.05, 4.69) is 20.9 Å². The van der Waals surface area contributed by atoms with Crippen molar-refractivity contribution in [3.05, 3.63) is 62.9 Å². The van der Waals surface area contributed by atoms with Gasteiger partial charge in [0.2, 0.25) is 0 Å². The highest BCUT2D eigenvalue weighted by Gasteiger charge is 2.22. The van der Waals surface area contributed by atoms with Crippen molar-refractivity contribution in [2.75, 3.05) is 0 Å². The lowest BCUT2D eigenvalue weighted by molar-refractivity contribution is 0.208. The van der Waals surface area contributed by atoms with E-state index < -0.39 is 17.7 Å². The summed E-state index contributed by atoms with van der Waals surface area (Å²) in [4.78, 5) is 4.16. The third-order valence-corrected chi connectivity index (χ3v) is 3.38. The van der Waals surface area contributed by atoms with Crippen LogP contribution in [0.2, 0.25) is 0 Å². The summed E-state index contributed by atoms with van der Waals surface area (Å²) in [6, 6.07) is 5.60. The Morgan fingerprint density at radius 2 is 1.74 bits per heavy atom. The summed E-state index contributed by atoms with van der Waals surface area (Å²) in [5, 5.41) is 10.2. The molecule has 0 amide bonds. The van der Waals surface area contributed by atoms with Gasteiger partial charge in [-0.3, -0.25) is 4.98 Å². The number of rotatable bonds is 2. The summed E-state index contributed by atoms with van der Waals surface area (Å²) >= 11 is 2.98. The standard InChI is InChI=1S/C14H12BrF2NO/c1-7-5-9(6-8(2)18-7)14(19)12-11(16)4-3-10(15)13(12)17/h3-6,14,19H,1-2H3. The lowest BCUT2D eigenvalue weighted by Gasteiger charge is -2.15. The van der Waals surface area contributed by atoms with Crippen LogP contribution in [0.15, 0.2) is 28.7 Å². The zero-order chi connectivity index (χ0) is 14.2. The molecule has 1 aromatic carbocycles. The van der Waals surface area contributed by atoms with Gasteiger partial charge in [0.25, 0.3) is 0 Å². The van der Waals surface area contributed by atoms with Gasteiger partial charge in [0.1, 0.15) is 17.7 Å². The monoisotopic (exact) mass is 327 g/mol. The summed E-state index contributed by atoms with van der Waals surface area (Å²) in [7, 11) is 0. The first-order valence-electron chi connectivity index (χ1n) is 5.67. The van der Waals surface area contributed by atoms with E-state index in [0.717, 1.165) is 6.07 Å². The molecule has 2 rings (SSSR count). The van der Waals surface area contributed by atoms with Crippen molar-refractivity contribution >= 4 is 15.9 Å². The Morgan fingerprint density at radius 3 is 2.32 bits per heavy atom. The number of hydrogen-bond acceptors (Lipinski definition) is 2. The second kappa shape index (κ2) is 5.35. The highest BCUT2D eigenvalue weighted by Crippen LogP contribution is 2.31. The average molecular weight is 328 g/mol. The summed E-state index contributed by atoms with van der Waals surface area (Å²) < 4.78 is 27.8. The molecule has 2 nitrogen and oxygen atoms in total. The van der Waals surface area contributed by atoms with Gasteiger partial charge >= 0.3 is 0 Å². The van der Waals surface area contributed by atoms with Crippen LogP contribution >= 0.6 is 15.9 Å². The number of halogens is 3. The third-order valence-electron chi connectivity index (χ3n) is 2.77. The van der Waals surface area contributed by atoms with Crippen LogP contribution in [0.4, 0.5) is 8.78 Å². The van der Waals surface area contributed by atoms with E-state index in [9.17, 15) is 13.9 Å². The van der Waals surface area contributed by atoms with Gasteiger partial charge in [-0.15, -0.1) is 0 Å². The summed E-state index contributed by atoms with van der Waals surface area (Å²) in [5.41, 5.74) is 1.43. The lowest BCUT2D eigenvalue weighted by atomic mass is 10.00. The van der Waals surface area contributed by atoms with Gasteiger partial charge in [0.05, 0.1) is 10.0 Å². The highest BCUT2D eigenvalue weighted by molar-refractivity contribution is 9.10. The molecule has 19 heavy (non-hydrogen) atoms. The Morgan fingerprint density at radius 1 is 1.16 bits per heavy atom. The van der Waals surface area contributed by atoms with Crippen LogP contribution in [0.5, 0.6) is 0 Å². The Hall–Kier alpha value is -1.33. The van der Waals surface area contributed by atoms with E-state index in [1.54, 1.807) is 26.0 Å². The summed E-state index contributed by atoms with van der Waals surface area (Å²) in [6.45, 7) is 3.52. The number of aryl methyl sites for hydroxylation is 2. The number of aromatic nitrogens is 1. The molecule has 1 N–H and O–H groups in total. The molecule has 1 heterocycles. The third kappa shape index (κ3) is 2.82. The number of aliphatic hydroxyl groups is 1. The van der Waals surface area contributed by atoms with Crippen molar-refractivity contribution in [1.29, 1.82) is 0 Å². The molecule has 0 radical (unpaired) electrons. The SMILES string of the molecule is Cc1cc(C(O)c2c(F)ccc(Br)c2F)cc(C)n1. The first kappa shape index (κ1) is 14.1. The minimum Gasteiger partial charge on any atom is -0.383 e. The predicted molar refractivity (Wildman–Crippen MR) is 71.8 cm³/mol. The molecule has 0 bridgehead atoms. The predicted octanol–water partition coefficient (Wildman–Crippen LogP) is 3.82. The number of nitrogens with zero attached hydrogens (tertiary/aromatic N) is 1. The van der Waals surface area contributed by atoms with E-state index in [-0.39, 0.29) is 10.0 Å². The van der Waals surface area contributed by atoms with Crippen LogP contribution < -0.4 is 0 Å². The molecule has 0 aliphatic rings. The van der Waals surface area contributed by atoms with E-state index in [0.29, 0.717) is 17.0 Å². The quantitative estimate of drug-likeness (QED) is 0.850. The first-order valence-corrected chi connectivity index (χ1v) is 6.46. The van der Waals surface area contributed by atoms with Gasteiger partial charge in [-0.25, -0.2) is 8.78 Å². The van der Waals surface area contributed by atoms with Crippen molar-refractivity contribution < 1.29 is 13.9 Å². The Balaban J connectivity index is 2.55. The Bertz CT molecular complexity index is 611. The van der Waals surface area contributed by atoms with Crippen molar-refractivity contribution in [3.63, 3.8) is 0 Å². The molecule has 5 heteroatoms. The van der Waals surface area contributed by atoms with Crippen molar-refractivity contribution in [2.24, 2.45) is 0 Å². The van der Waals surface area contributed by atoms with Gasteiger partial charge in [-0.2, -0.15) is 0 Å². The minimum absolute atomic E-state index is 0.116. The molecular formula is C14H12BrF2NO. The fraction of sp³-hybridized carbons (Fsp3) is 0.214. The molecule has 2 aromatic rings. The van der Waals surface area contributed by atoms with Crippen LogP contribution in [-0.2, 0) is 0 Å². The van der Waals surface area contributed by atoms with Gasteiger partial charge in [-0.1, -0.05) is 0 Å². The average Bonchev–Trinajstić information content (AvgIpc) is 2.33. The smallest absolute Gasteiger partial charge is 0.146 e. The molecule has 100 valence electrons. The topological polar surface area (TPSA) is 33.1 Å². The van der Waals surface area contributed by atoms with Crippen molar-refractivity contribution in [2.45, 2.75) is 20.0 Å². The zero-order valence-electron chi connectivity index (χ0n) is 10.4. The maximum atomic E-state index is 13.9. The second-order valence-corrected chi connectivity index (χ2v) is 5.20. The molecule has 0 saturated carbocycles. The van der Waals surface area contributed by atoms with Gasteiger partial charge < -0.3 is 5.11 Å². The molecule has 0 saturated heterocycles. The molecule has 0 aliphatic heterocycles. The molecule has 0 aliphatic carbocycles. The zero-order valence-corrected chi connectivity index (χ0v) is 12.0. The highest BCUT2D eigenvalue weighted by atomic mass is 79.9. The van der Waals surface area contributed by atoms with Crippen LogP contribution in [0.3, 0.4) is 0 Å². The molecule has 0 spiro atoms. The number of pyridine rings is 1. The van der Waals surface area contributed by atoms with E-state index in [4.69, 9.17) is 0 Å². The minimum atomic E-state index is -1.36. The van der Waals surface area contributed by atoms with Crippen LogP contribution in [0, 0.1) is 25.5 Å². The maximum Gasteiger partial charge on any atom is 0.146 e. The van der Waals surface area contributed by atoms with Gasteiger partial charge in [0.15, 0.2) is 0 Å². The molecule has 0 fully saturated rings. The number of hydrogen-bond donors (Lipinski definition) is 1. The van der Waals surface area contributed by atoms with Crippen LogP contribution in [0.25, 0.3) is 0 Å². The molecule has 1 aromatic heterocycles. The van der Waals surface area contributed by atoms with E-state index in [1.807, 2.05) is 0 Å². The van der Waals surface area contributed by atoms with Crippen LogP contribution in [0.1, 0.15) is 28.6 Å². The molecule has 1 atom stereocenters. The number of benzene rings is 1. The lowest BCUT2D eigenvalue weighted by Crippen LogP contribution is -2.07. The Labute approximate surface area is 118 Å². The van der Waals surface area contributed by atoms with Gasteiger partial charge in [-0.05, 0) is 59.6 Å². The first-order chi connectivity index (χ1) is 8.90. The maximum absolute atomic E-state index is 13.9. The summed E-state index contributed by atoms with van der Waals surface area (Å²) in [5.74, 6) is -1.57. The Kier molecular flexibility index (Phi) is 3.96. The molecule has 1 unspecified atom stereocenters. The fourth-order valence-electron chi connectivity index (χ4n) is 1.98. The van der Waals surface area contributed by atoms with Gasteiger partial charge in [0, 0.05) is 11.4 Å². The van der Waals surface area contributed by atoms with E-state index in [1.165, 1.54) is 6.07 Å². The molecular weight excluding hydrogens is 316 g/mol. The second-order valence-electron chi connectivity index (χ2n) is 4.34.